The SMILES string of the molecule is COC(=O)Cc1nc(C(F)(F)F)c(C(F)F)cc1I. The maximum atomic E-state index is 12.6. The summed E-state index contributed by atoms with van der Waals surface area (Å²) in [5, 5.41) is 0. The minimum absolute atomic E-state index is 0.0475. The average Bonchev–Trinajstić information content (AvgIpc) is 2.29. The molecule has 0 aromatic carbocycles. The van der Waals surface area contributed by atoms with E-state index in [0.717, 1.165) is 7.11 Å². The van der Waals surface area contributed by atoms with Crippen molar-refractivity contribution in [1.82, 2.24) is 4.98 Å². The zero-order valence-electron chi connectivity index (χ0n) is 9.39. The summed E-state index contributed by atoms with van der Waals surface area (Å²) in [4.78, 5) is 14.2. The third kappa shape index (κ3) is 3.98. The Morgan fingerprint density at radius 2 is 2.05 bits per heavy atom. The van der Waals surface area contributed by atoms with Gasteiger partial charge in [-0.05, 0) is 28.7 Å². The third-order valence-corrected chi connectivity index (χ3v) is 3.06. The van der Waals surface area contributed by atoms with Gasteiger partial charge in [-0.25, -0.2) is 13.8 Å². The van der Waals surface area contributed by atoms with Crippen molar-refractivity contribution in [1.29, 1.82) is 0 Å². The van der Waals surface area contributed by atoms with Gasteiger partial charge in [0.25, 0.3) is 6.43 Å². The van der Waals surface area contributed by atoms with Crippen molar-refractivity contribution in [2.24, 2.45) is 0 Å². The van der Waals surface area contributed by atoms with Crippen LogP contribution in [0.1, 0.15) is 23.4 Å². The lowest BCUT2D eigenvalue weighted by molar-refractivity contribution is -0.144. The molecule has 1 aromatic heterocycles. The fraction of sp³-hybridized carbons (Fsp3) is 0.400. The first-order chi connectivity index (χ1) is 8.66. The highest BCUT2D eigenvalue weighted by atomic mass is 127. The maximum Gasteiger partial charge on any atom is 0.433 e. The van der Waals surface area contributed by atoms with Crippen molar-refractivity contribution in [3.8, 4) is 0 Å². The van der Waals surface area contributed by atoms with Crippen LogP contribution in [0.5, 0.6) is 0 Å². The van der Waals surface area contributed by atoms with E-state index in [9.17, 15) is 26.7 Å². The average molecular weight is 395 g/mol. The smallest absolute Gasteiger partial charge is 0.433 e. The molecule has 9 heteroatoms. The number of rotatable bonds is 3. The highest BCUT2D eigenvalue weighted by Crippen LogP contribution is 2.36. The monoisotopic (exact) mass is 395 g/mol. The lowest BCUT2D eigenvalue weighted by Gasteiger charge is -2.14. The number of hydrogen-bond donors (Lipinski definition) is 0. The predicted octanol–water partition coefficient (Wildman–Crippen LogP) is 3.36. The standard InChI is InChI=1S/C10H7F5INO2/c1-19-7(18)3-6-5(16)2-4(9(11)12)8(17-6)10(13,14)15/h2,9H,3H2,1H3. The van der Waals surface area contributed by atoms with Crippen LogP contribution in [0.3, 0.4) is 0 Å². The molecular formula is C10H7F5INO2. The fourth-order valence-corrected chi connectivity index (χ4v) is 1.91. The van der Waals surface area contributed by atoms with E-state index in [-0.39, 0.29) is 9.26 Å². The Hall–Kier alpha value is -1.00. The van der Waals surface area contributed by atoms with Crippen LogP contribution in [0, 0.1) is 3.57 Å². The van der Waals surface area contributed by atoms with Crippen molar-refractivity contribution in [3.63, 3.8) is 0 Å². The molecule has 0 bridgehead atoms. The molecule has 0 spiro atoms. The van der Waals surface area contributed by atoms with Crippen LogP contribution in [-0.4, -0.2) is 18.1 Å². The molecule has 0 aliphatic carbocycles. The number of alkyl halides is 5. The Kier molecular flexibility index (Phi) is 5.04. The highest BCUT2D eigenvalue weighted by molar-refractivity contribution is 14.1. The Morgan fingerprint density at radius 3 is 2.47 bits per heavy atom. The second-order valence-corrected chi connectivity index (χ2v) is 4.57. The minimum Gasteiger partial charge on any atom is -0.469 e. The Balaban J connectivity index is 3.34. The molecule has 1 rings (SSSR count). The summed E-state index contributed by atoms with van der Waals surface area (Å²) in [6, 6.07) is 0.680. The second kappa shape index (κ2) is 5.97. The Morgan fingerprint density at radius 1 is 1.47 bits per heavy atom. The van der Waals surface area contributed by atoms with Gasteiger partial charge < -0.3 is 4.74 Å². The quantitative estimate of drug-likeness (QED) is 0.448. The molecule has 3 nitrogen and oxygen atoms in total. The van der Waals surface area contributed by atoms with Crippen molar-refractivity contribution < 1.29 is 31.5 Å². The Bertz CT molecular complexity index is 490. The molecule has 0 radical (unpaired) electrons. The van der Waals surface area contributed by atoms with Gasteiger partial charge in [0.05, 0.1) is 19.2 Å². The van der Waals surface area contributed by atoms with Crippen LogP contribution in [0.25, 0.3) is 0 Å². The number of aromatic nitrogens is 1. The number of pyridine rings is 1. The zero-order valence-corrected chi connectivity index (χ0v) is 11.6. The molecule has 19 heavy (non-hydrogen) atoms. The van der Waals surface area contributed by atoms with Crippen LogP contribution >= 0.6 is 22.6 Å². The number of nitrogens with zero attached hydrogens (tertiary/aromatic N) is 1. The van der Waals surface area contributed by atoms with Crippen LogP contribution in [0.15, 0.2) is 6.07 Å². The maximum absolute atomic E-state index is 12.6. The number of methoxy groups -OCH3 is 1. The van der Waals surface area contributed by atoms with E-state index in [4.69, 9.17) is 0 Å². The lowest BCUT2D eigenvalue weighted by atomic mass is 10.1. The number of halogens is 6. The molecule has 1 heterocycles. The zero-order chi connectivity index (χ0) is 14.8. The van der Waals surface area contributed by atoms with E-state index in [1.165, 1.54) is 0 Å². The molecule has 0 N–H and O–H groups in total. The molecule has 0 fully saturated rings. The molecule has 0 saturated carbocycles. The van der Waals surface area contributed by atoms with Gasteiger partial charge in [-0.3, -0.25) is 4.79 Å². The fourth-order valence-electron chi connectivity index (χ4n) is 1.27. The first-order valence-electron chi connectivity index (χ1n) is 4.78. The summed E-state index contributed by atoms with van der Waals surface area (Å²) >= 11 is 1.54. The van der Waals surface area contributed by atoms with Gasteiger partial charge in [0, 0.05) is 9.13 Å². The molecule has 106 valence electrons. The van der Waals surface area contributed by atoms with Crippen molar-refractivity contribution in [2.45, 2.75) is 19.0 Å². The molecule has 0 amide bonds. The molecule has 0 saturated heterocycles. The van der Waals surface area contributed by atoms with Gasteiger partial charge in [0.1, 0.15) is 0 Å². The Labute approximate surface area is 118 Å². The normalized spacial score (nSPS) is 11.8. The van der Waals surface area contributed by atoms with Gasteiger partial charge in [-0.2, -0.15) is 13.2 Å². The summed E-state index contributed by atoms with van der Waals surface area (Å²) in [6.07, 6.45) is -8.83. The van der Waals surface area contributed by atoms with Crippen LogP contribution in [0.4, 0.5) is 22.0 Å². The van der Waals surface area contributed by atoms with E-state index in [2.05, 4.69) is 9.72 Å². The summed E-state index contributed by atoms with van der Waals surface area (Å²) in [7, 11) is 1.06. The van der Waals surface area contributed by atoms with Crippen LogP contribution in [0.2, 0.25) is 0 Å². The van der Waals surface area contributed by atoms with E-state index >= 15 is 0 Å². The van der Waals surface area contributed by atoms with Gasteiger partial charge in [-0.1, -0.05) is 0 Å². The first kappa shape index (κ1) is 16.1. The number of carbonyl (C=O) groups excluding carboxylic acids is 1. The molecule has 1 aromatic rings. The molecule has 0 aliphatic heterocycles. The van der Waals surface area contributed by atoms with Gasteiger partial charge >= 0.3 is 12.1 Å². The minimum atomic E-state index is -5.01. The third-order valence-electron chi connectivity index (χ3n) is 2.12. The van der Waals surface area contributed by atoms with Crippen molar-refractivity contribution >= 4 is 28.6 Å². The van der Waals surface area contributed by atoms with E-state index < -0.39 is 36.2 Å². The van der Waals surface area contributed by atoms with Gasteiger partial charge in [0.15, 0.2) is 5.69 Å². The molecule has 0 atom stereocenters. The van der Waals surface area contributed by atoms with Crippen LogP contribution < -0.4 is 0 Å². The number of carbonyl (C=O) groups is 1. The summed E-state index contributed by atoms with van der Waals surface area (Å²) in [6.45, 7) is 0. The summed E-state index contributed by atoms with van der Waals surface area (Å²) in [5.74, 6) is -0.802. The second-order valence-electron chi connectivity index (χ2n) is 3.41. The highest BCUT2D eigenvalue weighted by Gasteiger charge is 2.38. The molecule has 0 unspecified atom stereocenters. The van der Waals surface area contributed by atoms with E-state index in [1.54, 1.807) is 22.6 Å². The largest absolute Gasteiger partial charge is 0.469 e. The van der Waals surface area contributed by atoms with Gasteiger partial charge in [-0.15, -0.1) is 0 Å². The predicted molar refractivity (Wildman–Crippen MR) is 62.6 cm³/mol. The first-order valence-corrected chi connectivity index (χ1v) is 5.86. The van der Waals surface area contributed by atoms with Crippen molar-refractivity contribution in [3.05, 3.63) is 26.6 Å². The number of esters is 1. The lowest BCUT2D eigenvalue weighted by Crippen LogP contribution is -2.17. The molecule has 0 aliphatic rings. The summed E-state index contributed by atoms with van der Waals surface area (Å²) < 4.78 is 67.4. The van der Waals surface area contributed by atoms with Crippen molar-refractivity contribution in [2.75, 3.05) is 7.11 Å². The number of hydrogen-bond acceptors (Lipinski definition) is 3. The van der Waals surface area contributed by atoms with E-state index in [0.29, 0.717) is 6.07 Å². The van der Waals surface area contributed by atoms with Gasteiger partial charge in [0.2, 0.25) is 0 Å². The number of ether oxygens (including phenoxy) is 1. The van der Waals surface area contributed by atoms with Crippen LogP contribution in [-0.2, 0) is 22.1 Å². The topological polar surface area (TPSA) is 39.2 Å². The van der Waals surface area contributed by atoms with E-state index in [1.807, 2.05) is 0 Å². The summed E-state index contributed by atoms with van der Waals surface area (Å²) in [5.41, 5.74) is -3.13. The molecular weight excluding hydrogens is 388 g/mol.